The second kappa shape index (κ2) is 6.23. The molecule has 4 nitrogen and oxygen atoms in total. The second-order valence-electron chi connectivity index (χ2n) is 5.08. The van der Waals surface area contributed by atoms with Crippen LogP contribution in [0.3, 0.4) is 0 Å². The van der Waals surface area contributed by atoms with E-state index in [0.717, 1.165) is 11.1 Å². The molecule has 5 heteroatoms. The average molecular weight is 312 g/mol. The van der Waals surface area contributed by atoms with Crippen LogP contribution in [0, 0.1) is 0 Å². The molecule has 0 unspecified atom stereocenters. The van der Waals surface area contributed by atoms with E-state index in [9.17, 15) is 14.7 Å². The zero-order chi connectivity index (χ0) is 15.5. The molecule has 1 atom stereocenters. The summed E-state index contributed by atoms with van der Waals surface area (Å²) in [5.74, 6) is -0.648. The third kappa shape index (κ3) is 2.99. The first kappa shape index (κ1) is 14.7. The van der Waals surface area contributed by atoms with Gasteiger partial charge in [-0.2, -0.15) is 0 Å². The van der Waals surface area contributed by atoms with Gasteiger partial charge < -0.3 is 14.8 Å². The van der Waals surface area contributed by atoms with Crippen molar-refractivity contribution in [1.82, 2.24) is 4.90 Å². The first-order valence-electron chi connectivity index (χ1n) is 6.91. The number of hydrogen-bond acceptors (Lipinski definition) is 4. The number of carboxylic acids is 1. The smallest absolute Gasteiger partial charge is 0.234 e. The summed E-state index contributed by atoms with van der Waals surface area (Å²) in [4.78, 5) is 24.8. The van der Waals surface area contributed by atoms with Crippen LogP contribution < -0.4 is 5.11 Å². The Morgan fingerprint density at radius 3 is 2.45 bits per heavy atom. The summed E-state index contributed by atoms with van der Waals surface area (Å²) in [5, 5.41) is 10.7. The summed E-state index contributed by atoms with van der Waals surface area (Å²) in [6.45, 7) is 0.555. The highest BCUT2D eigenvalue weighted by molar-refractivity contribution is 8.00. The highest BCUT2D eigenvalue weighted by atomic mass is 32.2. The molecule has 0 aromatic heterocycles. The van der Waals surface area contributed by atoms with Gasteiger partial charge in [-0.05, 0) is 16.7 Å². The topological polar surface area (TPSA) is 60.4 Å². The molecule has 1 amide bonds. The number of carboxylic acid groups (broad SMARTS) is 1. The highest BCUT2D eigenvalue weighted by Gasteiger charge is 2.32. The lowest BCUT2D eigenvalue weighted by Crippen LogP contribution is -2.27. The number of amides is 1. The maximum Gasteiger partial charge on any atom is 0.234 e. The molecule has 112 valence electrons. The van der Waals surface area contributed by atoms with Crippen LogP contribution >= 0.6 is 11.8 Å². The molecule has 0 saturated carbocycles. The minimum atomic E-state index is -1.19. The summed E-state index contributed by atoms with van der Waals surface area (Å²) >= 11 is 1.56. The maximum absolute atomic E-state index is 12.1. The molecule has 3 rings (SSSR count). The molecule has 0 N–H and O–H groups in total. The van der Waals surface area contributed by atoms with Gasteiger partial charge in [0, 0.05) is 6.54 Å². The SMILES string of the molecule is O=C([O-])c1ccc([C@@H]2SCC(=O)N2Cc2ccccc2)cc1. The minimum absolute atomic E-state index is 0.0801. The number of benzene rings is 2. The van der Waals surface area contributed by atoms with E-state index in [0.29, 0.717) is 12.3 Å². The molecular weight excluding hydrogens is 298 g/mol. The Morgan fingerprint density at radius 2 is 1.82 bits per heavy atom. The fraction of sp³-hybridized carbons (Fsp3) is 0.176. The van der Waals surface area contributed by atoms with Gasteiger partial charge in [0.05, 0.1) is 11.7 Å². The molecule has 1 aliphatic rings. The number of carbonyl (C=O) groups is 2. The molecule has 0 aliphatic carbocycles. The highest BCUT2D eigenvalue weighted by Crippen LogP contribution is 2.39. The van der Waals surface area contributed by atoms with Crippen LogP contribution in [0.1, 0.15) is 26.9 Å². The first-order valence-corrected chi connectivity index (χ1v) is 7.96. The fourth-order valence-electron chi connectivity index (χ4n) is 2.47. The van der Waals surface area contributed by atoms with Gasteiger partial charge in [-0.25, -0.2) is 0 Å². The number of rotatable bonds is 4. The van der Waals surface area contributed by atoms with Crippen molar-refractivity contribution in [2.24, 2.45) is 0 Å². The summed E-state index contributed by atoms with van der Waals surface area (Å²) in [6, 6.07) is 16.4. The first-order chi connectivity index (χ1) is 10.6. The van der Waals surface area contributed by atoms with Gasteiger partial charge >= 0.3 is 0 Å². The van der Waals surface area contributed by atoms with Gasteiger partial charge in [0.1, 0.15) is 5.37 Å². The lowest BCUT2D eigenvalue weighted by molar-refractivity contribution is -0.255. The van der Waals surface area contributed by atoms with Gasteiger partial charge in [0.15, 0.2) is 0 Å². The Morgan fingerprint density at radius 1 is 1.14 bits per heavy atom. The molecule has 2 aromatic rings. The fourth-order valence-corrected chi connectivity index (χ4v) is 3.65. The molecule has 1 saturated heterocycles. The van der Waals surface area contributed by atoms with Crippen molar-refractivity contribution in [1.29, 1.82) is 0 Å². The monoisotopic (exact) mass is 312 g/mol. The second-order valence-corrected chi connectivity index (χ2v) is 6.15. The number of hydrogen-bond donors (Lipinski definition) is 0. The van der Waals surface area contributed by atoms with Gasteiger partial charge in [-0.15, -0.1) is 11.8 Å². The number of thioether (sulfide) groups is 1. The molecule has 0 radical (unpaired) electrons. The lowest BCUT2D eigenvalue weighted by Gasteiger charge is -2.24. The van der Waals surface area contributed by atoms with E-state index < -0.39 is 5.97 Å². The van der Waals surface area contributed by atoms with E-state index in [-0.39, 0.29) is 16.8 Å². The Bertz CT molecular complexity index is 685. The van der Waals surface area contributed by atoms with Crippen molar-refractivity contribution in [2.45, 2.75) is 11.9 Å². The Hall–Kier alpha value is -2.27. The zero-order valence-electron chi connectivity index (χ0n) is 11.8. The molecule has 1 heterocycles. The van der Waals surface area contributed by atoms with E-state index >= 15 is 0 Å². The van der Waals surface area contributed by atoms with Crippen molar-refractivity contribution in [3.05, 3.63) is 71.3 Å². The van der Waals surface area contributed by atoms with Gasteiger partial charge in [-0.1, -0.05) is 54.6 Å². The van der Waals surface area contributed by atoms with E-state index in [4.69, 9.17) is 0 Å². The van der Waals surface area contributed by atoms with Crippen molar-refractivity contribution >= 4 is 23.6 Å². The van der Waals surface area contributed by atoms with Crippen LogP contribution in [0.15, 0.2) is 54.6 Å². The third-order valence-corrected chi connectivity index (χ3v) is 4.85. The molecule has 1 fully saturated rings. The van der Waals surface area contributed by atoms with Crippen LogP contribution in [0.2, 0.25) is 0 Å². The van der Waals surface area contributed by atoms with Crippen molar-refractivity contribution in [3.8, 4) is 0 Å². The molecule has 1 aliphatic heterocycles. The molecule has 2 aromatic carbocycles. The van der Waals surface area contributed by atoms with Gasteiger partial charge in [-0.3, -0.25) is 4.79 Å². The van der Waals surface area contributed by atoms with Crippen LogP contribution in [0.4, 0.5) is 0 Å². The average Bonchev–Trinajstić information content (AvgIpc) is 2.89. The number of aromatic carboxylic acids is 1. The summed E-state index contributed by atoms with van der Waals surface area (Å²) in [7, 11) is 0. The Labute approximate surface area is 132 Å². The standard InChI is InChI=1S/C17H15NO3S/c19-15-11-22-16(13-6-8-14(9-7-13)17(20)21)18(15)10-12-4-2-1-3-5-12/h1-9,16H,10-11H2,(H,20,21)/p-1/t16-/m0/s1. The van der Waals surface area contributed by atoms with Crippen LogP contribution in [0.5, 0.6) is 0 Å². The van der Waals surface area contributed by atoms with E-state index in [2.05, 4.69) is 0 Å². The predicted molar refractivity (Wildman–Crippen MR) is 83.0 cm³/mol. The van der Waals surface area contributed by atoms with E-state index in [1.54, 1.807) is 23.9 Å². The third-order valence-electron chi connectivity index (χ3n) is 3.60. The quantitative estimate of drug-likeness (QED) is 0.864. The predicted octanol–water partition coefficient (Wildman–Crippen LogP) is 1.82. The Kier molecular flexibility index (Phi) is 4.15. The molecule has 0 bridgehead atoms. The summed E-state index contributed by atoms with van der Waals surface area (Å²) < 4.78 is 0. The largest absolute Gasteiger partial charge is 0.545 e. The van der Waals surface area contributed by atoms with Gasteiger partial charge in [0.25, 0.3) is 0 Å². The van der Waals surface area contributed by atoms with Crippen molar-refractivity contribution in [2.75, 3.05) is 5.75 Å². The van der Waals surface area contributed by atoms with E-state index in [1.807, 2.05) is 35.2 Å². The summed E-state index contributed by atoms with van der Waals surface area (Å²) in [6.07, 6.45) is 0. The normalized spacial score (nSPS) is 17.7. The minimum Gasteiger partial charge on any atom is -0.545 e. The molecule has 22 heavy (non-hydrogen) atoms. The van der Waals surface area contributed by atoms with Crippen molar-refractivity contribution < 1.29 is 14.7 Å². The van der Waals surface area contributed by atoms with Crippen LogP contribution in [0.25, 0.3) is 0 Å². The van der Waals surface area contributed by atoms with E-state index in [1.165, 1.54) is 12.1 Å². The molecule has 0 spiro atoms. The summed E-state index contributed by atoms with van der Waals surface area (Å²) in [5.41, 5.74) is 2.15. The number of nitrogens with zero attached hydrogens (tertiary/aromatic N) is 1. The van der Waals surface area contributed by atoms with Crippen LogP contribution in [-0.4, -0.2) is 22.5 Å². The van der Waals surface area contributed by atoms with Gasteiger partial charge in [0.2, 0.25) is 5.91 Å². The zero-order valence-corrected chi connectivity index (χ0v) is 12.6. The molecular formula is C17H14NO3S-. The number of carbonyl (C=O) groups excluding carboxylic acids is 2. The van der Waals surface area contributed by atoms with Crippen LogP contribution in [-0.2, 0) is 11.3 Å². The Balaban J connectivity index is 1.82. The lowest BCUT2D eigenvalue weighted by atomic mass is 10.1. The van der Waals surface area contributed by atoms with Crippen molar-refractivity contribution in [3.63, 3.8) is 0 Å². The maximum atomic E-state index is 12.1.